The predicted octanol–water partition coefficient (Wildman–Crippen LogP) is 3.25. The molecule has 0 bridgehead atoms. The summed E-state index contributed by atoms with van der Waals surface area (Å²) < 4.78 is 15.3. The van der Waals surface area contributed by atoms with Crippen LogP contribution in [0.15, 0.2) is 30.3 Å². The van der Waals surface area contributed by atoms with Crippen molar-refractivity contribution in [3.63, 3.8) is 0 Å². The second-order valence-electron chi connectivity index (χ2n) is 6.08. The van der Waals surface area contributed by atoms with Crippen molar-refractivity contribution in [2.45, 2.75) is 27.3 Å². The van der Waals surface area contributed by atoms with Crippen LogP contribution in [0.2, 0.25) is 0 Å². The van der Waals surface area contributed by atoms with Gasteiger partial charge >= 0.3 is 5.97 Å². The van der Waals surface area contributed by atoms with E-state index in [1.54, 1.807) is 16.7 Å². The van der Waals surface area contributed by atoms with Gasteiger partial charge in [-0.15, -0.1) is 0 Å². The summed E-state index contributed by atoms with van der Waals surface area (Å²) in [6, 6.07) is 8.23. The van der Waals surface area contributed by atoms with Gasteiger partial charge in [0.1, 0.15) is 11.5 Å². The van der Waals surface area contributed by atoms with E-state index in [1.807, 2.05) is 26.8 Å². The fourth-order valence-electron chi connectivity index (χ4n) is 3.33. The maximum absolute atomic E-state index is 13.5. The highest BCUT2D eigenvalue weighted by Gasteiger charge is 2.23. The van der Waals surface area contributed by atoms with Crippen molar-refractivity contribution in [1.82, 2.24) is 4.57 Å². The first-order valence-corrected chi connectivity index (χ1v) is 8.13. The van der Waals surface area contributed by atoms with Crippen molar-refractivity contribution in [2.75, 3.05) is 0 Å². The van der Waals surface area contributed by atoms with Crippen LogP contribution in [0.5, 0.6) is 0 Å². The lowest BCUT2D eigenvalue weighted by molar-refractivity contribution is 0.0685. The molecule has 121 valence electrons. The number of fused-ring (bicyclic) bond motifs is 1. The van der Waals surface area contributed by atoms with Gasteiger partial charge in [-0.05, 0) is 60.3 Å². The van der Waals surface area contributed by atoms with E-state index in [2.05, 4.69) is 10.2 Å². The standard InChI is InChI=1S/C19H17FNO2Si/c1-10-7-15(24)18-16(11(10)2)12(3)17(19(22)23)21(18)9-13-5-4-6-14(20)8-13/h4-8H,9H2,1-3H3,(H,22,23). The van der Waals surface area contributed by atoms with E-state index in [1.165, 1.54) is 12.1 Å². The molecule has 0 aliphatic heterocycles. The summed E-state index contributed by atoms with van der Waals surface area (Å²) in [4.78, 5) is 11.9. The summed E-state index contributed by atoms with van der Waals surface area (Å²) in [5, 5.41) is 11.5. The van der Waals surface area contributed by atoms with Crippen molar-refractivity contribution in [1.29, 1.82) is 0 Å². The number of aromatic carboxylic acids is 1. The quantitative estimate of drug-likeness (QED) is 0.745. The van der Waals surface area contributed by atoms with Gasteiger partial charge in [-0.25, -0.2) is 9.18 Å². The number of hydrogen-bond donors (Lipinski definition) is 1. The Hall–Kier alpha value is -2.40. The molecule has 0 unspecified atom stereocenters. The minimum Gasteiger partial charge on any atom is -0.477 e. The fourth-order valence-corrected chi connectivity index (χ4v) is 3.80. The van der Waals surface area contributed by atoms with Gasteiger partial charge in [0.2, 0.25) is 0 Å². The summed E-state index contributed by atoms with van der Waals surface area (Å²) in [6.07, 6.45) is 0. The Morgan fingerprint density at radius 3 is 2.54 bits per heavy atom. The summed E-state index contributed by atoms with van der Waals surface area (Å²) in [7, 11) is 3.63. The van der Waals surface area contributed by atoms with E-state index >= 15 is 0 Å². The van der Waals surface area contributed by atoms with Crippen molar-refractivity contribution in [3.8, 4) is 0 Å². The summed E-state index contributed by atoms with van der Waals surface area (Å²) in [5.74, 6) is -1.31. The van der Waals surface area contributed by atoms with Crippen molar-refractivity contribution < 1.29 is 14.3 Å². The largest absolute Gasteiger partial charge is 0.477 e. The molecule has 2 aromatic carbocycles. The predicted molar refractivity (Wildman–Crippen MR) is 94.0 cm³/mol. The number of carboxylic acids is 1. The van der Waals surface area contributed by atoms with Gasteiger partial charge in [0.25, 0.3) is 0 Å². The van der Waals surface area contributed by atoms with Crippen molar-refractivity contribution in [3.05, 3.63) is 64.1 Å². The second kappa shape index (κ2) is 5.91. The third kappa shape index (κ3) is 2.55. The van der Waals surface area contributed by atoms with E-state index in [-0.39, 0.29) is 11.5 Å². The number of nitrogens with zero attached hydrogens (tertiary/aromatic N) is 1. The Bertz CT molecular complexity index is 975. The van der Waals surface area contributed by atoms with Gasteiger partial charge in [-0.1, -0.05) is 18.2 Å². The van der Waals surface area contributed by atoms with Crippen LogP contribution in [0.25, 0.3) is 10.9 Å². The summed E-state index contributed by atoms with van der Waals surface area (Å²) >= 11 is 0. The normalized spacial score (nSPS) is 11.2. The Morgan fingerprint density at radius 1 is 1.21 bits per heavy atom. The Kier molecular flexibility index (Phi) is 4.05. The van der Waals surface area contributed by atoms with Crippen LogP contribution < -0.4 is 5.19 Å². The number of hydrogen-bond acceptors (Lipinski definition) is 1. The van der Waals surface area contributed by atoms with Crippen LogP contribution in [-0.4, -0.2) is 25.9 Å². The van der Waals surface area contributed by atoms with Crippen LogP contribution >= 0.6 is 0 Å². The molecule has 0 aliphatic rings. The number of halogens is 1. The molecule has 0 saturated carbocycles. The molecule has 3 rings (SSSR count). The van der Waals surface area contributed by atoms with E-state index in [4.69, 9.17) is 0 Å². The number of aryl methyl sites for hydroxylation is 3. The van der Waals surface area contributed by atoms with E-state index in [0.717, 1.165) is 38.3 Å². The van der Waals surface area contributed by atoms with Gasteiger partial charge in [0, 0.05) is 17.4 Å². The SMILES string of the molecule is Cc1cc([Si])c2c(c1C)c(C)c(C(=O)O)n2Cc1cccc(F)c1. The van der Waals surface area contributed by atoms with Crippen molar-refractivity contribution >= 4 is 32.3 Å². The molecule has 1 aromatic heterocycles. The first kappa shape index (κ1) is 16.5. The highest BCUT2D eigenvalue weighted by Crippen LogP contribution is 2.30. The first-order chi connectivity index (χ1) is 11.3. The molecule has 3 nitrogen and oxygen atoms in total. The molecular formula is C19H17FNO2Si. The third-order valence-corrected chi connectivity index (χ3v) is 4.90. The average Bonchev–Trinajstić information content (AvgIpc) is 2.78. The molecule has 3 radical (unpaired) electrons. The van der Waals surface area contributed by atoms with Gasteiger partial charge in [0.15, 0.2) is 0 Å². The molecule has 3 aromatic rings. The highest BCUT2D eigenvalue weighted by atomic mass is 28.1. The maximum atomic E-state index is 13.5. The zero-order valence-electron chi connectivity index (χ0n) is 13.8. The highest BCUT2D eigenvalue weighted by molar-refractivity contribution is 6.39. The van der Waals surface area contributed by atoms with Gasteiger partial charge < -0.3 is 9.67 Å². The molecule has 0 atom stereocenters. The first-order valence-electron chi connectivity index (χ1n) is 7.63. The lowest BCUT2D eigenvalue weighted by Gasteiger charge is -2.12. The number of carboxylic acid groups (broad SMARTS) is 1. The number of aromatic nitrogens is 1. The lowest BCUT2D eigenvalue weighted by Crippen LogP contribution is -2.15. The number of carbonyl (C=O) groups is 1. The number of benzene rings is 2. The molecular weight excluding hydrogens is 321 g/mol. The smallest absolute Gasteiger partial charge is 0.352 e. The van der Waals surface area contributed by atoms with Crippen LogP contribution in [0, 0.1) is 26.6 Å². The van der Waals surface area contributed by atoms with Crippen LogP contribution in [0.3, 0.4) is 0 Å². The fraction of sp³-hybridized carbons (Fsp3) is 0.211. The van der Waals surface area contributed by atoms with E-state index in [0.29, 0.717) is 6.54 Å². The molecule has 24 heavy (non-hydrogen) atoms. The van der Waals surface area contributed by atoms with E-state index in [9.17, 15) is 14.3 Å². The summed E-state index contributed by atoms with van der Waals surface area (Å²) in [5.41, 5.74) is 4.67. The molecule has 1 N–H and O–H groups in total. The Balaban J connectivity index is 2.35. The zero-order chi connectivity index (χ0) is 17.6. The minimum absolute atomic E-state index is 0.238. The topological polar surface area (TPSA) is 42.2 Å². The molecule has 0 amide bonds. The Labute approximate surface area is 143 Å². The van der Waals surface area contributed by atoms with Crippen LogP contribution in [0.4, 0.5) is 4.39 Å². The number of rotatable bonds is 3. The maximum Gasteiger partial charge on any atom is 0.352 e. The van der Waals surface area contributed by atoms with E-state index < -0.39 is 5.97 Å². The molecule has 0 spiro atoms. The second-order valence-corrected chi connectivity index (χ2v) is 6.62. The monoisotopic (exact) mass is 338 g/mol. The molecule has 1 heterocycles. The molecule has 0 saturated heterocycles. The minimum atomic E-state index is -0.983. The van der Waals surface area contributed by atoms with Gasteiger partial charge in [0.05, 0.1) is 10.2 Å². The van der Waals surface area contributed by atoms with Gasteiger partial charge in [-0.3, -0.25) is 0 Å². The van der Waals surface area contributed by atoms with Gasteiger partial charge in [-0.2, -0.15) is 0 Å². The average molecular weight is 338 g/mol. The third-order valence-electron chi connectivity index (χ3n) is 4.52. The van der Waals surface area contributed by atoms with Crippen LogP contribution in [-0.2, 0) is 6.54 Å². The van der Waals surface area contributed by atoms with Crippen LogP contribution in [0.1, 0.15) is 32.7 Å². The Morgan fingerprint density at radius 2 is 1.92 bits per heavy atom. The molecule has 0 fully saturated rings. The molecule has 5 heteroatoms. The zero-order valence-corrected chi connectivity index (χ0v) is 14.8. The molecule has 0 aliphatic carbocycles. The summed E-state index contributed by atoms with van der Waals surface area (Å²) in [6.45, 7) is 6.12. The van der Waals surface area contributed by atoms with Crippen molar-refractivity contribution in [2.24, 2.45) is 0 Å². The lowest BCUT2D eigenvalue weighted by atomic mass is 10.0.